The SMILES string of the molecule is Clc1ccc(/C=C/c2nsc(/C=C/c3ccc(Cl)cc3)n2)cc1. The summed E-state index contributed by atoms with van der Waals surface area (Å²) in [7, 11) is 0. The van der Waals surface area contributed by atoms with Gasteiger partial charge in [0.15, 0.2) is 5.82 Å². The zero-order valence-corrected chi connectivity index (χ0v) is 14.3. The van der Waals surface area contributed by atoms with Crippen LogP contribution in [0.15, 0.2) is 48.5 Å². The van der Waals surface area contributed by atoms with E-state index in [-0.39, 0.29) is 0 Å². The second-order valence-corrected chi connectivity index (χ2v) is 6.42. The van der Waals surface area contributed by atoms with Gasteiger partial charge in [-0.1, -0.05) is 59.6 Å². The predicted octanol–water partition coefficient (Wildman–Crippen LogP) is 6.19. The average molecular weight is 359 g/mol. The van der Waals surface area contributed by atoms with Crippen molar-refractivity contribution in [3.8, 4) is 0 Å². The number of benzene rings is 2. The standard InChI is InChI=1S/C18H12Cl2N2S/c19-15-7-1-13(2-8-15)5-11-17-21-18(23-22-17)12-6-14-3-9-16(20)10-4-14/h1-12H/b11-5+,12-6+. The lowest BCUT2D eigenvalue weighted by molar-refractivity contribution is 1.27. The summed E-state index contributed by atoms with van der Waals surface area (Å²) in [5, 5.41) is 2.31. The number of halogens is 2. The van der Waals surface area contributed by atoms with Crippen LogP contribution >= 0.6 is 34.7 Å². The molecule has 0 bridgehead atoms. The first-order valence-electron chi connectivity index (χ1n) is 6.90. The minimum atomic E-state index is 0.695. The van der Waals surface area contributed by atoms with Crippen LogP contribution in [0, 0.1) is 0 Å². The van der Waals surface area contributed by atoms with Crippen molar-refractivity contribution in [1.29, 1.82) is 0 Å². The van der Waals surface area contributed by atoms with E-state index in [0.29, 0.717) is 5.82 Å². The van der Waals surface area contributed by atoms with Gasteiger partial charge in [0.1, 0.15) is 5.01 Å². The van der Waals surface area contributed by atoms with E-state index in [0.717, 1.165) is 26.2 Å². The van der Waals surface area contributed by atoms with E-state index < -0.39 is 0 Å². The Morgan fingerprint density at radius 3 is 1.78 bits per heavy atom. The van der Waals surface area contributed by atoms with Gasteiger partial charge in [-0.3, -0.25) is 0 Å². The van der Waals surface area contributed by atoms with Crippen LogP contribution in [0.25, 0.3) is 24.3 Å². The van der Waals surface area contributed by atoms with Crippen molar-refractivity contribution >= 4 is 59.0 Å². The molecule has 0 radical (unpaired) electrons. The number of nitrogens with zero attached hydrogens (tertiary/aromatic N) is 2. The second kappa shape index (κ2) is 7.55. The fourth-order valence-corrected chi connectivity index (χ4v) is 2.67. The Morgan fingerprint density at radius 2 is 1.22 bits per heavy atom. The fraction of sp³-hybridized carbons (Fsp3) is 0. The molecule has 3 rings (SSSR count). The van der Waals surface area contributed by atoms with Crippen LogP contribution in [-0.4, -0.2) is 9.36 Å². The van der Waals surface area contributed by atoms with Gasteiger partial charge in [0.25, 0.3) is 0 Å². The first-order chi connectivity index (χ1) is 11.2. The van der Waals surface area contributed by atoms with Crippen molar-refractivity contribution in [3.63, 3.8) is 0 Å². The summed E-state index contributed by atoms with van der Waals surface area (Å²) in [6.45, 7) is 0. The summed E-state index contributed by atoms with van der Waals surface area (Å²) in [4.78, 5) is 4.46. The lowest BCUT2D eigenvalue weighted by atomic mass is 10.2. The highest BCUT2D eigenvalue weighted by Gasteiger charge is 1.98. The molecule has 114 valence electrons. The molecule has 1 aromatic heterocycles. The Morgan fingerprint density at radius 1 is 0.696 bits per heavy atom. The highest BCUT2D eigenvalue weighted by Crippen LogP contribution is 2.15. The molecule has 0 atom stereocenters. The quantitative estimate of drug-likeness (QED) is 0.555. The van der Waals surface area contributed by atoms with Crippen molar-refractivity contribution in [2.45, 2.75) is 0 Å². The third-order valence-electron chi connectivity index (χ3n) is 3.04. The topological polar surface area (TPSA) is 25.8 Å². The summed E-state index contributed by atoms with van der Waals surface area (Å²) < 4.78 is 4.32. The van der Waals surface area contributed by atoms with E-state index in [1.807, 2.05) is 72.8 Å². The number of aromatic nitrogens is 2. The zero-order chi connectivity index (χ0) is 16.1. The van der Waals surface area contributed by atoms with Crippen LogP contribution < -0.4 is 0 Å². The number of rotatable bonds is 4. The molecular weight excluding hydrogens is 347 g/mol. The van der Waals surface area contributed by atoms with E-state index in [2.05, 4.69) is 9.36 Å². The third-order valence-corrected chi connectivity index (χ3v) is 4.24. The lowest BCUT2D eigenvalue weighted by Crippen LogP contribution is -1.76. The minimum Gasteiger partial charge on any atom is -0.216 e. The molecule has 0 spiro atoms. The molecule has 0 unspecified atom stereocenters. The van der Waals surface area contributed by atoms with Crippen molar-refractivity contribution in [2.75, 3.05) is 0 Å². The molecule has 5 heteroatoms. The van der Waals surface area contributed by atoms with Crippen LogP contribution in [0.1, 0.15) is 22.0 Å². The molecule has 3 aromatic rings. The summed E-state index contributed by atoms with van der Waals surface area (Å²) in [6, 6.07) is 15.3. The molecule has 0 saturated carbocycles. The Bertz CT molecular complexity index is 764. The molecule has 0 fully saturated rings. The molecule has 0 aliphatic heterocycles. The van der Waals surface area contributed by atoms with Crippen molar-refractivity contribution in [3.05, 3.63) is 80.5 Å². The average Bonchev–Trinajstić information content (AvgIpc) is 3.02. The van der Waals surface area contributed by atoms with E-state index in [9.17, 15) is 0 Å². The van der Waals surface area contributed by atoms with Crippen LogP contribution in [0.5, 0.6) is 0 Å². The van der Waals surface area contributed by atoms with Gasteiger partial charge in [-0.25, -0.2) is 4.98 Å². The van der Waals surface area contributed by atoms with Gasteiger partial charge in [-0.2, -0.15) is 4.37 Å². The summed E-state index contributed by atoms with van der Waals surface area (Å²) in [6.07, 6.45) is 7.79. The van der Waals surface area contributed by atoms with Crippen molar-refractivity contribution in [1.82, 2.24) is 9.36 Å². The maximum absolute atomic E-state index is 5.87. The van der Waals surface area contributed by atoms with Crippen LogP contribution in [0.3, 0.4) is 0 Å². The highest BCUT2D eigenvalue weighted by molar-refractivity contribution is 7.06. The normalized spacial score (nSPS) is 11.6. The summed E-state index contributed by atoms with van der Waals surface area (Å²) >= 11 is 13.1. The monoisotopic (exact) mass is 358 g/mol. The zero-order valence-electron chi connectivity index (χ0n) is 12.0. The Kier molecular flexibility index (Phi) is 5.23. The molecule has 1 heterocycles. The molecule has 0 aliphatic carbocycles. The van der Waals surface area contributed by atoms with Gasteiger partial charge in [0, 0.05) is 10.0 Å². The largest absolute Gasteiger partial charge is 0.216 e. The summed E-state index contributed by atoms with van der Waals surface area (Å²) in [5.41, 5.74) is 2.13. The van der Waals surface area contributed by atoms with E-state index in [4.69, 9.17) is 23.2 Å². The van der Waals surface area contributed by atoms with Gasteiger partial charge in [-0.05, 0) is 59.1 Å². The molecule has 0 aliphatic rings. The Balaban J connectivity index is 1.68. The molecular formula is C18H12Cl2N2S. The second-order valence-electron chi connectivity index (χ2n) is 4.76. The fourth-order valence-electron chi connectivity index (χ4n) is 1.87. The maximum Gasteiger partial charge on any atom is 0.166 e. The Hall–Kier alpha value is -1.94. The molecule has 0 saturated heterocycles. The van der Waals surface area contributed by atoms with Gasteiger partial charge >= 0.3 is 0 Å². The van der Waals surface area contributed by atoms with Gasteiger partial charge in [0.05, 0.1) is 0 Å². The molecule has 0 N–H and O–H groups in total. The van der Waals surface area contributed by atoms with E-state index >= 15 is 0 Å². The molecule has 2 nitrogen and oxygen atoms in total. The van der Waals surface area contributed by atoms with Gasteiger partial charge in [-0.15, -0.1) is 0 Å². The van der Waals surface area contributed by atoms with Crippen molar-refractivity contribution < 1.29 is 0 Å². The minimum absolute atomic E-state index is 0.695. The number of hydrogen-bond acceptors (Lipinski definition) is 3. The smallest absolute Gasteiger partial charge is 0.166 e. The third kappa shape index (κ3) is 4.76. The van der Waals surface area contributed by atoms with Crippen LogP contribution in [-0.2, 0) is 0 Å². The molecule has 2 aromatic carbocycles. The lowest BCUT2D eigenvalue weighted by Gasteiger charge is -1.92. The highest BCUT2D eigenvalue weighted by atomic mass is 35.5. The number of hydrogen-bond donors (Lipinski definition) is 0. The van der Waals surface area contributed by atoms with E-state index in [1.165, 1.54) is 11.5 Å². The maximum atomic E-state index is 5.87. The summed E-state index contributed by atoms with van der Waals surface area (Å²) in [5.74, 6) is 0.695. The van der Waals surface area contributed by atoms with Gasteiger partial charge in [0.2, 0.25) is 0 Å². The van der Waals surface area contributed by atoms with Gasteiger partial charge < -0.3 is 0 Å². The van der Waals surface area contributed by atoms with Crippen LogP contribution in [0.2, 0.25) is 10.0 Å². The predicted molar refractivity (Wildman–Crippen MR) is 101 cm³/mol. The van der Waals surface area contributed by atoms with Crippen LogP contribution in [0.4, 0.5) is 0 Å². The van der Waals surface area contributed by atoms with Crippen molar-refractivity contribution in [2.24, 2.45) is 0 Å². The first-order valence-corrected chi connectivity index (χ1v) is 8.43. The first kappa shape index (κ1) is 15.9. The molecule has 0 amide bonds. The molecule has 23 heavy (non-hydrogen) atoms. The van der Waals surface area contributed by atoms with E-state index in [1.54, 1.807) is 0 Å². The Labute approximate surface area is 148 Å².